The summed E-state index contributed by atoms with van der Waals surface area (Å²) in [6.45, 7) is 5.29. The minimum atomic E-state index is -3.75. The molecule has 0 spiro atoms. The van der Waals surface area contributed by atoms with E-state index in [9.17, 15) is 13.2 Å². The zero-order chi connectivity index (χ0) is 22.9. The number of sulfonamides is 1. The number of primary sulfonamides is 1. The van der Waals surface area contributed by atoms with Gasteiger partial charge in [0.2, 0.25) is 15.9 Å². The average Bonchev–Trinajstić information content (AvgIpc) is 3.11. The average molecular weight is 456 g/mol. The third-order valence-electron chi connectivity index (χ3n) is 5.50. The van der Waals surface area contributed by atoms with E-state index in [-0.39, 0.29) is 16.7 Å². The lowest BCUT2D eigenvalue weighted by Crippen LogP contribution is -2.38. The summed E-state index contributed by atoms with van der Waals surface area (Å²) in [7, 11) is -3.75. The van der Waals surface area contributed by atoms with Crippen LogP contribution >= 0.6 is 0 Å². The number of hydrogen-bond acceptors (Lipinski definition) is 7. The molecular weight excluding hydrogens is 430 g/mol. The zero-order valence-corrected chi connectivity index (χ0v) is 18.7. The molecule has 0 bridgehead atoms. The van der Waals surface area contributed by atoms with Gasteiger partial charge in [0.05, 0.1) is 10.6 Å². The van der Waals surface area contributed by atoms with Crippen LogP contribution in [0, 0.1) is 19.8 Å². The summed E-state index contributed by atoms with van der Waals surface area (Å²) in [4.78, 5) is 14.7. The molecule has 1 saturated heterocycles. The third-order valence-corrected chi connectivity index (χ3v) is 6.43. The van der Waals surface area contributed by atoms with Gasteiger partial charge in [-0.25, -0.2) is 18.2 Å². The monoisotopic (exact) mass is 455 g/mol. The molecule has 1 fully saturated rings. The Morgan fingerprint density at radius 1 is 1.03 bits per heavy atom. The summed E-state index contributed by atoms with van der Waals surface area (Å²) in [6.07, 6.45) is 1.37. The second-order valence-electron chi connectivity index (χ2n) is 7.91. The Morgan fingerprint density at radius 2 is 1.66 bits per heavy atom. The second kappa shape index (κ2) is 8.67. The Balaban J connectivity index is 1.33. The molecule has 0 radical (unpaired) electrons. The van der Waals surface area contributed by atoms with E-state index in [4.69, 9.17) is 5.14 Å². The molecule has 168 valence electrons. The number of nitrogens with one attached hydrogen (secondary N) is 1. The molecule has 1 amide bonds. The molecule has 0 atom stereocenters. The number of nitrogens with two attached hydrogens (primary N) is 1. The van der Waals surface area contributed by atoms with Crippen molar-refractivity contribution in [1.29, 1.82) is 0 Å². The Kier molecular flexibility index (Phi) is 5.94. The maximum absolute atomic E-state index is 12.6. The zero-order valence-electron chi connectivity index (χ0n) is 17.9. The van der Waals surface area contributed by atoms with Crippen LogP contribution in [-0.2, 0) is 14.8 Å². The van der Waals surface area contributed by atoms with Gasteiger partial charge >= 0.3 is 0 Å². The fraction of sp³-hybridized carbons (Fsp3) is 0.333. The molecule has 3 N–H and O–H groups in total. The number of nitrogens with zero attached hydrogens (tertiary/aromatic N) is 5. The number of piperidine rings is 1. The number of carbonyl (C=O) groups excluding carboxylic acids is 1. The number of aromatic nitrogens is 4. The fourth-order valence-electron chi connectivity index (χ4n) is 3.80. The first-order chi connectivity index (χ1) is 15.2. The number of anilines is 2. The predicted octanol–water partition coefficient (Wildman–Crippen LogP) is 1.78. The second-order valence-corrected chi connectivity index (χ2v) is 9.47. The first kappa shape index (κ1) is 21.9. The van der Waals surface area contributed by atoms with Crippen LogP contribution in [0.1, 0.15) is 24.2 Å². The van der Waals surface area contributed by atoms with E-state index < -0.39 is 10.0 Å². The van der Waals surface area contributed by atoms with E-state index in [2.05, 4.69) is 25.5 Å². The van der Waals surface area contributed by atoms with Crippen molar-refractivity contribution in [3.8, 4) is 5.82 Å². The number of hydrogen-bond donors (Lipinski definition) is 2. The van der Waals surface area contributed by atoms with Gasteiger partial charge in [-0.3, -0.25) is 4.79 Å². The summed E-state index contributed by atoms with van der Waals surface area (Å²) in [5.41, 5.74) is 2.46. The first-order valence-electron chi connectivity index (χ1n) is 10.3. The number of benzene rings is 1. The van der Waals surface area contributed by atoms with Crippen molar-refractivity contribution in [2.75, 3.05) is 23.3 Å². The highest BCUT2D eigenvalue weighted by Crippen LogP contribution is 2.24. The molecule has 10 nitrogen and oxygen atoms in total. The van der Waals surface area contributed by atoms with Crippen LogP contribution in [-0.4, -0.2) is 47.4 Å². The van der Waals surface area contributed by atoms with E-state index in [1.807, 2.05) is 32.0 Å². The highest BCUT2D eigenvalue weighted by atomic mass is 32.2. The lowest BCUT2D eigenvalue weighted by atomic mass is 9.96. The molecule has 3 heterocycles. The third kappa shape index (κ3) is 4.78. The molecule has 2 aromatic heterocycles. The van der Waals surface area contributed by atoms with Gasteiger partial charge in [-0.05, 0) is 69.2 Å². The van der Waals surface area contributed by atoms with Crippen LogP contribution in [0.25, 0.3) is 5.82 Å². The number of amides is 1. The maximum atomic E-state index is 12.6. The summed E-state index contributed by atoms with van der Waals surface area (Å²) in [5, 5.41) is 21.0. The minimum absolute atomic E-state index is 0.00814. The van der Waals surface area contributed by atoms with Crippen molar-refractivity contribution >= 4 is 27.4 Å². The molecule has 1 aromatic carbocycles. The van der Waals surface area contributed by atoms with Crippen LogP contribution < -0.4 is 15.4 Å². The van der Waals surface area contributed by atoms with Gasteiger partial charge in [0.1, 0.15) is 0 Å². The fourth-order valence-corrected chi connectivity index (χ4v) is 4.32. The molecule has 4 rings (SSSR count). The van der Waals surface area contributed by atoms with Gasteiger partial charge < -0.3 is 10.2 Å². The van der Waals surface area contributed by atoms with Gasteiger partial charge in [0, 0.05) is 30.4 Å². The van der Waals surface area contributed by atoms with Crippen LogP contribution in [0.5, 0.6) is 0 Å². The van der Waals surface area contributed by atoms with Crippen molar-refractivity contribution in [1.82, 2.24) is 20.0 Å². The van der Waals surface area contributed by atoms with Crippen molar-refractivity contribution in [2.45, 2.75) is 31.6 Å². The van der Waals surface area contributed by atoms with Crippen molar-refractivity contribution in [2.24, 2.45) is 11.1 Å². The summed E-state index contributed by atoms with van der Waals surface area (Å²) >= 11 is 0. The van der Waals surface area contributed by atoms with Crippen molar-refractivity contribution in [3.05, 3.63) is 53.9 Å². The van der Waals surface area contributed by atoms with E-state index in [0.29, 0.717) is 37.4 Å². The van der Waals surface area contributed by atoms with Crippen LogP contribution in [0.4, 0.5) is 11.5 Å². The SMILES string of the molecule is Cc1cc(C)n(-c2ccc(N3CCC(C(=O)Nc4ccc(S(N)(=O)=O)cc4)CC3)nn2)n1. The smallest absolute Gasteiger partial charge is 0.238 e. The van der Waals surface area contributed by atoms with Crippen LogP contribution in [0.15, 0.2) is 47.4 Å². The lowest BCUT2D eigenvalue weighted by molar-refractivity contribution is -0.120. The molecule has 0 saturated carbocycles. The summed E-state index contributed by atoms with van der Waals surface area (Å²) in [6, 6.07) is 11.6. The van der Waals surface area contributed by atoms with Crippen LogP contribution in [0.3, 0.4) is 0 Å². The molecule has 0 unspecified atom stereocenters. The number of aryl methyl sites for hydroxylation is 2. The van der Waals surface area contributed by atoms with Gasteiger partial charge in [0.15, 0.2) is 11.6 Å². The Hall–Kier alpha value is -3.31. The summed E-state index contributed by atoms with van der Waals surface area (Å²) in [5.74, 6) is 1.22. The number of rotatable bonds is 5. The van der Waals surface area contributed by atoms with Gasteiger partial charge in [-0.2, -0.15) is 5.10 Å². The normalized spacial score (nSPS) is 15.0. The van der Waals surface area contributed by atoms with Gasteiger partial charge in [-0.1, -0.05) is 0 Å². The molecule has 11 heteroatoms. The molecule has 32 heavy (non-hydrogen) atoms. The van der Waals surface area contributed by atoms with Crippen molar-refractivity contribution in [3.63, 3.8) is 0 Å². The van der Waals surface area contributed by atoms with E-state index in [0.717, 1.165) is 17.2 Å². The minimum Gasteiger partial charge on any atom is -0.355 e. The number of carbonyl (C=O) groups is 1. The first-order valence-corrected chi connectivity index (χ1v) is 11.8. The Labute approximate surface area is 186 Å². The quantitative estimate of drug-likeness (QED) is 0.598. The van der Waals surface area contributed by atoms with E-state index in [1.54, 1.807) is 4.68 Å². The van der Waals surface area contributed by atoms with Crippen molar-refractivity contribution < 1.29 is 13.2 Å². The largest absolute Gasteiger partial charge is 0.355 e. The topological polar surface area (TPSA) is 136 Å². The molecular formula is C21H25N7O3S. The maximum Gasteiger partial charge on any atom is 0.238 e. The highest BCUT2D eigenvalue weighted by Gasteiger charge is 2.26. The van der Waals surface area contributed by atoms with E-state index in [1.165, 1.54) is 24.3 Å². The highest BCUT2D eigenvalue weighted by molar-refractivity contribution is 7.89. The molecule has 1 aliphatic rings. The Bertz CT molecular complexity index is 1210. The predicted molar refractivity (Wildman–Crippen MR) is 120 cm³/mol. The molecule has 0 aliphatic carbocycles. The summed E-state index contributed by atoms with van der Waals surface area (Å²) < 4.78 is 24.4. The molecule has 1 aliphatic heterocycles. The van der Waals surface area contributed by atoms with Gasteiger partial charge in [-0.15, -0.1) is 10.2 Å². The molecule has 3 aromatic rings. The van der Waals surface area contributed by atoms with Gasteiger partial charge in [0.25, 0.3) is 0 Å². The van der Waals surface area contributed by atoms with Crippen LogP contribution in [0.2, 0.25) is 0 Å². The Morgan fingerprint density at radius 3 is 2.19 bits per heavy atom. The lowest BCUT2D eigenvalue weighted by Gasteiger charge is -2.31. The standard InChI is InChI=1S/C21H25N7O3S/c1-14-13-15(2)28(26-14)20-8-7-19(24-25-20)27-11-9-16(10-12-27)21(29)23-17-3-5-18(6-4-17)32(22,30)31/h3-8,13,16H,9-12H2,1-2H3,(H,23,29)(H2,22,30,31). The van der Waals surface area contributed by atoms with E-state index >= 15 is 0 Å².